The van der Waals surface area contributed by atoms with Crippen molar-refractivity contribution in [3.8, 4) is 5.75 Å². The molecule has 0 aliphatic heterocycles. The number of nitrogens with zero attached hydrogens (tertiary/aromatic N) is 1. The summed E-state index contributed by atoms with van der Waals surface area (Å²) in [4.78, 5) is 14.0. The first kappa shape index (κ1) is 18.1. The second kappa shape index (κ2) is 9.13. The molecular weight excluding hydrogens is 311 g/mol. The Labute approximate surface area is 136 Å². The summed E-state index contributed by atoms with van der Waals surface area (Å²) in [5.41, 5.74) is 0. The Morgan fingerprint density at radius 3 is 2.62 bits per heavy atom. The quantitative estimate of drug-likeness (QED) is 0.794. The van der Waals surface area contributed by atoms with E-state index < -0.39 is 0 Å². The van der Waals surface area contributed by atoms with E-state index >= 15 is 0 Å². The van der Waals surface area contributed by atoms with Crippen molar-refractivity contribution in [2.24, 2.45) is 0 Å². The highest BCUT2D eigenvalue weighted by Gasteiger charge is 2.08. The summed E-state index contributed by atoms with van der Waals surface area (Å²) >= 11 is 11.7. The first-order valence-corrected chi connectivity index (χ1v) is 7.78. The fourth-order valence-corrected chi connectivity index (χ4v) is 2.18. The number of nitrogens with one attached hydrogen (secondary N) is 1. The van der Waals surface area contributed by atoms with E-state index in [1.165, 1.54) is 0 Å². The van der Waals surface area contributed by atoms with Crippen molar-refractivity contribution in [3.05, 3.63) is 28.2 Å². The fourth-order valence-electron chi connectivity index (χ4n) is 1.89. The predicted octanol–water partition coefficient (Wildman–Crippen LogP) is 3.22. The van der Waals surface area contributed by atoms with Crippen molar-refractivity contribution in [1.29, 1.82) is 0 Å². The lowest BCUT2D eigenvalue weighted by Crippen LogP contribution is -2.39. The van der Waals surface area contributed by atoms with E-state index in [0.717, 1.165) is 13.1 Å². The summed E-state index contributed by atoms with van der Waals surface area (Å²) < 4.78 is 5.37. The van der Waals surface area contributed by atoms with E-state index in [4.69, 9.17) is 27.9 Å². The summed E-state index contributed by atoms with van der Waals surface area (Å²) in [5.74, 6) is 0.373. The van der Waals surface area contributed by atoms with Gasteiger partial charge in [-0.05, 0) is 32.5 Å². The zero-order valence-corrected chi connectivity index (χ0v) is 14.2. The fraction of sp³-hybridized carbons (Fsp3) is 0.533. The van der Waals surface area contributed by atoms with Crippen LogP contribution in [0.5, 0.6) is 5.75 Å². The normalized spacial score (nSPS) is 11.0. The van der Waals surface area contributed by atoms with Crippen LogP contribution < -0.4 is 10.1 Å². The van der Waals surface area contributed by atoms with Gasteiger partial charge in [0.2, 0.25) is 0 Å². The third-order valence-corrected chi connectivity index (χ3v) is 3.86. The number of carbonyl (C=O) groups excluding carboxylic acids is 1. The highest BCUT2D eigenvalue weighted by atomic mass is 35.5. The summed E-state index contributed by atoms with van der Waals surface area (Å²) in [6, 6.07) is 5.38. The average Bonchev–Trinajstić information content (AvgIpc) is 2.44. The molecule has 1 aromatic rings. The molecule has 1 N–H and O–H groups in total. The molecule has 4 nitrogen and oxygen atoms in total. The van der Waals surface area contributed by atoms with Gasteiger partial charge >= 0.3 is 0 Å². The largest absolute Gasteiger partial charge is 0.484 e. The van der Waals surface area contributed by atoms with Crippen LogP contribution in [0.25, 0.3) is 0 Å². The Balaban J connectivity index is 2.29. The smallest absolute Gasteiger partial charge is 0.257 e. The number of carbonyl (C=O) groups is 1. The van der Waals surface area contributed by atoms with Gasteiger partial charge in [0.15, 0.2) is 6.61 Å². The Kier molecular flexibility index (Phi) is 7.86. The summed E-state index contributed by atoms with van der Waals surface area (Å²) in [5, 5.41) is 3.70. The van der Waals surface area contributed by atoms with E-state index in [9.17, 15) is 4.79 Å². The van der Waals surface area contributed by atoms with Crippen LogP contribution in [-0.2, 0) is 4.79 Å². The third-order valence-electron chi connectivity index (χ3n) is 3.12. The van der Waals surface area contributed by atoms with Gasteiger partial charge in [0.1, 0.15) is 5.75 Å². The lowest BCUT2D eigenvalue weighted by atomic mass is 10.3. The van der Waals surface area contributed by atoms with E-state index in [-0.39, 0.29) is 12.5 Å². The number of rotatable bonds is 8. The number of halogens is 2. The summed E-state index contributed by atoms with van der Waals surface area (Å²) in [6.07, 6.45) is 0. The van der Waals surface area contributed by atoms with Gasteiger partial charge in [0, 0.05) is 25.2 Å². The van der Waals surface area contributed by atoms with Gasteiger partial charge in [-0.25, -0.2) is 0 Å². The maximum atomic E-state index is 11.7. The molecule has 1 rings (SSSR count). The van der Waals surface area contributed by atoms with Gasteiger partial charge in [-0.15, -0.1) is 0 Å². The molecule has 0 radical (unpaired) electrons. The summed E-state index contributed by atoms with van der Waals surface area (Å²) in [7, 11) is 0. The SMILES string of the molecule is CCN(CCNC(=O)COc1ccc(Cl)c(Cl)c1)C(C)C. The number of benzene rings is 1. The number of ether oxygens (including phenoxy) is 1. The van der Waals surface area contributed by atoms with Crippen LogP contribution >= 0.6 is 23.2 Å². The monoisotopic (exact) mass is 332 g/mol. The predicted molar refractivity (Wildman–Crippen MR) is 87.3 cm³/mol. The van der Waals surface area contributed by atoms with E-state index in [1.54, 1.807) is 18.2 Å². The number of hydrogen-bond donors (Lipinski definition) is 1. The molecule has 0 bridgehead atoms. The Hall–Kier alpha value is -0.970. The van der Waals surface area contributed by atoms with Crippen LogP contribution in [-0.4, -0.2) is 43.1 Å². The van der Waals surface area contributed by atoms with Crippen LogP contribution in [0, 0.1) is 0 Å². The Morgan fingerprint density at radius 1 is 1.33 bits per heavy atom. The first-order valence-electron chi connectivity index (χ1n) is 7.02. The topological polar surface area (TPSA) is 41.6 Å². The van der Waals surface area contributed by atoms with Crippen LogP contribution in [0.2, 0.25) is 10.0 Å². The maximum Gasteiger partial charge on any atom is 0.257 e. The molecule has 0 unspecified atom stereocenters. The average molecular weight is 333 g/mol. The molecule has 0 saturated carbocycles. The molecule has 21 heavy (non-hydrogen) atoms. The molecule has 0 fully saturated rings. The van der Waals surface area contributed by atoms with E-state index in [1.807, 2.05) is 0 Å². The van der Waals surface area contributed by atoms with Gasteiger partial charge in [0.05, 0.1) is 10.0 Å². The van der Waals surface area contributed by atoms with Crippen LogP contribution in [0.1, 0.15) is 20.8 Å². The van der Waals surface area contributed by atoms with Crippen LogP contribution in [0.15, 0.2) is 18.2 Å². The first-order chi connectivity index (χ1) is 9.93. The highest BCUT2D eigenvalue weighted by molar-refractivity contribution is 6.42. The molecule has 0 aromatic heterocycles. The van der Waals surface area contributed by atoms with Gasteiger partial charge in [-0.3, -0.25) is 9.69 Å². The molecule has 0 aliphatic carbocycles. The van der Waals surface area contributed by atoms with Gasteiger partial charge in [0.25, 0.3) is 5.91 Å². The molecule has 118 valence electrons. The van der Waals surface area contributed by atoms with Gasteiger partial charge < -0.3 is 10.1 Å². The standard InChI is InChI=1S/C15H22Cl2N2O2/c1-4-19(11(2)3)8-7-18-15(20)10-21-12-5-6-13(16)14(17)9-12/h5-6,9,11H,4,7-8,10H2,1-3H3,(H,18,20). The van der Waals surface area contributed by atoms with Crippen molar-refractivity contribution in [2.45, 2.75) is 26.8 Å². The minimum absolute atomic E-state index is 0.0359. The van der Waals surface area contributed by atoms with Crippen LogP contribution in [0.3, 0.4) is 0 Å². The molecular formula is C15H22Cl2N2O2. The molecule has 1 aromatic carbocycles. The molecule has 0 saturated heterocycles. The zero-order valence-electron chi connectivity index (χ0n) is 12.7. The number of likely N-dealkylation sites (N-methyl/N-ethyl adjacent to an activating group) is 1. The van der Waals surface area contributed by atoms with Crippen molar-refractivity contribution in [1.82, 2.24) is 10.2 Å². The van der Waals surface area contributed by atoms with Crippen molar-refractivity contribution >= 4 is 29.1 Å². The Morgan fingerprint density at radius 2 is 2.05 bits per heavy atom. The minimum atomic E-state index is -0.152. The molecule has 1 amide bonds. The second-order valence-electron chi connectivity index (χ2n) is 4.94. The maximum absolute atomic E-state index is 11.7. The van der Waals surface area contributed by atoms with Gasteiger partial charge in [-0.2, -0.15) is 0 Å². The lowest BCUT2D eigenvalue weighted by molar-refractivity contribution is -0.123. The van der Waals surface area contributed by atoms with E-state index in [2.05, 4.69) is 31.0 Å². The molecule has 6 heteroatoms. The lowest BCUT2D eigenvalue weighted by Gasteiger charge is -2.24. The van der Waals surface area contributed by atoms with Crippen molar-refractivity contribution in [2.75, 3.05) is 26.2 Å². The van der Waals surface area contributed by atoms with Gasteiger partial charge in [-0.1, -0.05) is 30.1 Å². The third kappa shape index (κ3) is 6.55. The van der Waals surface area contributed by atoms with Crippen molar-refractivity contribution < 1.29 is 9.53 Å². The van der Waals surface area contributed by atoms with Crippen LogP contribution in [0.4, 0.5) is 0 Å². The molecule has 0 heterocycles. The van der Waals surface area contributed by atoms with Crippen molar-refractivity contribution in [3.63, 3.8) is 0 Å². The zero-order chi connectivity index (χ0) is 15.8. The minimum Gasteiger partial charge on any atom is -0.484 e. The Bertz CT molecular complexity index is 467. The van der Waals surface area contributed by atoms with E-state index in [0.29, 0.717) is 28.4 Å². The second-order valence-corrected chi connectivity index (χ2v) is 5.75. The highest BCUT2D eigenvalue weighted by Crippen LogP contribution is 2.26. The molecule has 0 atom stereocenters. The molecule has 0 spiro atoms. The molecule has 0 aliphatic rings. The summed E-state index contributed by atoms with van der Waals surface area (Å²) in [6.45, 7) is 8.74. The number of amides is 1. The number of hydrogen-bond acceptors (Lipinski definition) is 3.